The van der Waals surface area contributed by atoms with Crippen molar-refractivity contribution >= 4 is 0 Å². The predicted molar refractivity (Wildman–Crippen MR) is 71.2 cm³/mol. The van der Waals surface area contributed by atoms with Crippen LogP contribution >= 0.6 is 0 Å². The van der Waals surface area contributed by atoms with Gasteiger partial charge in [-0.1, -0.05) is 25.3 Å². The third-order valence-corrected chi connectivity index (χ3v) is 3.98. The standard InChI is InChI=1S/C14H21NO4/c16-9-14(6-2-1-3-7-14)15-8-10-4-5-11(17)13(19)12(10)18/h4-5,15-19H,1-3,6-9H2. The molecule has 5 N–H and O–H groups in total. The molecule has 1 fully saturated rings. The van der Waals surface area contributed by atoms with Gasteiger partial charge in [-0.05, 0) is 18.9 Å². The van der Waals surface area contributed by atoms with Crippen LogP contribution in [-0.2, 0) is 6.54 Å². The summed E-state index contributed by atoms with van der Waals surface area (Å²) in [5.74, 6) is -1.15. The summed E-state index contributed by atoms with van der Waals surface area (Å²) in [5.41, 5.74) is 0.215. The SMILES string of the molecule is OCC1(NCc2ccc(O)c(O)c2O)CCCCC1. The zero-order valence-corrected chi connectivity index (χ0v) is 10.9. The molecular weight excluding hydrogens is 246 g/mol. The number of aromatic hydroxyl groups is 3. The molecule has 1 aliphatic rings. The number of phenols is 3. The van der Waals surface area contributed by atoms with Gasteiger partial charge in [0.05, 0.1) is 6.61 Å². The highest BCUT2D eigenvalue weighted by atomic mass is 16.3. The van der Waals surface area contributed by atoms with Gasteiger partial charge in [0.25, 0.3) is 0 Å². The zero-order chi connectivity index (χ0) is 13.9. The van der Waals surface area contributed by atoms with Crippen molar-refractivity contribution in [2.24, 2.45) is 0 Å². The molecule has 106 valence electrons. The Balaban J connectivity index is 2.07. The average molecular weight is 267 g/mol. The quantitative estimate of drug-likeness (QED) is 0.534. The molecule has 0 atom stereocenters. The molecule has 1 aromatic rings. The molecule has 1 aromatic carbocycles. The number of hydrogen-bond acceptors (Lipinski definition) is 5. The normalized spacial score (nSPS) is 18.4. The summed E-state index contributed by atoms with van der Waals surface area (Å²) in [6.45, 7) is 0.415. The van der Waals surface area contributed by atoms with Crippen LogP contribution < -0.4 is 5.32 Å². The lowest BCUT2D eigenvalue weighted by Gasteiger charge is -2.36. The Labute approximate surface area is 112 Å². The van der Waals surface area contributed by atoms with Crippen molar-refractivity contribution in [2.45, 2.75) is 44.2 Å². The first-order chi connectivity index (χ1) is 9.08. The first-order valence-electron chi connectivity index (χ1n) is 6.67. The van der Waals surface area contributed by atoms with Crippen LogP contribution in [0.3, 0.4) is 0 Å². The molecule has 0 aliphatic heterocycles. The van der Waals surface area contributed by atoms with E-state index >= 15 is 0 Å². The Bertz CT molecular complexity index is 441. The second kappa shape index (κ2) is 5.67. The molecule has 0 radical (unpaired) electrons. The van der Waals surface area contributed by atoms with Crippen molar-refractivity contribution in [3.63, 3.8) is 0 Å². The van der Waals surface area contributed by atoms with Crippen LogP contribution in [0.2, 0.25) is 0 Å². The highest BCUT2D eigenvalue weighted by molar-refractivity contribution is 5.53. The van der Waals surface area contributed by atoms with Gasteiger partial charge in [-0.3, -0.25) is 0 Å². The largest absolute Gasteiger partial charge is 0.504 e. The van der Waals surface area contributed by atoms with E-state index in [0.29, 0.717) is 12.1 Å². The lowest BCUT2D eigenvalue weighted by Crippen LogP contribution is -2.49. The topological polar surface area (TPSA) is 93.0 Å². The average Bonchev–Trinajstić information content (AvgIpc) is 2.45. The van der Waals surface area contributed by atoms with Crippen molar-refractivity contribution in [2.75, 3.05) is 6.61 Å². The molecule has 0 bridgehead atoms. The van der Waals surface area contributed by atoms with Crippen LogP contribution in [0, 0.1) is 0 Å². The Kier molecular flexibility index (Phi) is 4.17. The first kappa shape index (κ1) is 14.0. The van der Waals surface area contributed by atoms with E-state index in [1.807, 2.05) is 0 Å². The van der Waals surface area contributed by atoms with Gasteiger partial charge in [-0.2, -0.15) is 0 Å². The monoisotopic (exact) mass is 267 g/mol. The van der Waals surface area contributed by atoms with Crippen LogP contribution in [-0.4, -0.2) is 32.6 Å². The van der Waals surface area contributed by atoms with E-state index in [1.165, 1.54) is 12.5 Å². The van der Waals surface area contributed by atoms with Gasteiger partial charge in [0.15, 0.2) is 11.5 Å². The fraction of sp³-hybridized carbons (Fsp3) is 0.571. The van der Waals surface area contributed by atoms with Crippen LogP contribution in [0.5, 0.6) is 17.2 Å². The molecule has 1 aliphatic carbocycles. The second-order valence-corrected chi connectivity index (χ2v) is 5.29. The molecule has 0 spiro atoms. The van der Waals surface area contributed by atoms with Crippen LogP contribution in [0.25, 0.3) is 0 Å². The van der Waals surface area contributed by atoms with Crippen LogP contribution in [0.15, 0.2) is 12.1 Å². The molecule has 5 heteroatoms. The van der Waals surface area contributed by atoms with Gasteiger partial charge in [0.1, 0.15) is 0 Å². The Morgan fingerprint density at radius 2 is 1.68 bits per heavy atom. The lowest BCUT2D eigenvalue weighted by atomic mass is 9.82. The smallest absolute Gasteiger partial charge is 0.200 e. The maximum atomic E-state index is 9.75. The first-order valence-corrected chi connectivity index (χ1v) is 6.67. The number of rotatable bonds is 4. The Morgan fingerprint density at radius 3 is 2.32 bits per heavy atom. The molecule has 0 aromatic heterocycles. The third-order valence-electron chi connectivity index (χ3n) is 3.98. The summed E-state index contributed by atoms with van der Waals surface area (Å²) in [6, 6.07) is 2.91. The minimum Gasteiger partial charge on any atom is -0.504 e. The lowest BCUT2D eigenvalue weighted by molar-refractivity contribution is 0.119. The minimum atomic E-state index is -0.499. The summed E-state index contributed by atoms with van der Waals surface area (Å²) in [6.07, 6.45) is 5.18. The molecule has 0 unspecified atom stereocenters. The minimum absolute atomic E-state index is 0.0673. The molecular formula is C14H21NO4. The van der Waals surface area contributed by atoms with Crippen LogP contribution in [0.1, 0.15) is 37.7 Å². The van der Waals surface area contributed by atoms with E-state index in [-0.39, 0.29) is 23.6 Å². The van der Waals surface area contributed by atoms with E-state index in [2.05, 4.69) is 5.32 Å². The van der Waals surface area contributed by atoms with E-state index < -0.39 is 5.75 Å². The maximum absolute atomic E-state index is 9.75. The summed E-state index contributed by atoms with van der Waals surface area (Å²) < 4.78 is 0. The number of aliphatic hydroxyl groups excluding tert-OH is 1. The predicted octanol–water partition coefficient (Wildman–Crippen LogP) is 1.59. The number of hydrogen-bond donors (Lipinski definition) is 5. The fourth-order valence-electron chi connectivity index (χ4n) is 2.66. The van der Waals surface area contributed by atoms with E-state index in [4.69, 9.17) is 0 Å². The van der Waals surface area contributed by atoms with Gasteiger partial charge in [0.2, 0.25) is 5.75 Å². The summed E-state index contributed by atoms with van der Waals surface area (Å²) >= 11 is 0. The summed E-state index contributed by atoms with van der Waals surface area (Å²) in [7, 11) is 0. The van der Waals surface area contributed by atoms with Gasteiger partial charge in [-0.15, -0.1) is 0 Å². The van der Waals surface area contributed by atoms with Gasteiger partial charge in [-0.25, -0.2) is 0 Å². The van der Waals surface area contributed by atoms with E-state index in [0.717, 1.165) is 25.7 Å². The number of nitrogens with one attached hydrogen (secondary N) is 1. The number of aliphatic hydroxyl groups is 1. The molecule has 0 heterocycles. The van der Waals surface area contributed by atoms with Gasteiger partial charge >= 0.3 is 0 Å². The third kappa shape index (κ3) is 2.93. The van der Waals surface area contributed by atoms with E-state index in [9.17, 15) is 20.4 Å². The Morgan fingerprint density at radius 1 is 1.00 bits per heavy atom. The summed E-state index contributed by atoms with van der Waals surface area (Å²) in [4.78, 5) is 0. The van der Waals surface area contributed by atoms with Crippen molar-refractivity contribution in [1.29, 1.82) is 0 Å². The van der Waals surface area contributed by atoms with Gasteiger partial charge < -0.3 is 25.7 Å². The van der Waals surface area contributed by atoms with Crippen molar-refractivity contribution in [3.05, 3.63) is 17.7 Å². The molecule has 1 saturated carbocycles. The number of phenolic OH excluding ortho intramolecular Hbond substituents is 3. The maximum Gasteiger partial charge on any atom is 0.200 e. The molecule has 5 nitrogen and oxygen atoms in total. The second-order valence-electron chi connectivity index (χ2n) is 5.29. The van der Waals surface area contributed by atoms with E-state index in [1.54, 1.807) is 6.07 Å². The van der Waals surface area contributed by atoms with Crippen molar-refractivity contribution < 1.29 is 20.4 Å². The zero-order valence-electron chi connectivity index (χ0n) is 10.9. The number of benzene rings is 1. The molecule has 19 heavy (non-hydrogen) atoms. The molecule has 0 saturated heterocycles. The molecule has 0 amide bonds. The van der Waals surface area contributed by atoms with Crippen molar-refractivity contribution in [3.8, 4) is 17.2 Å². The Hall–Kier alpha value is -1.46. The molecule has 2 rings (SSSR count). The van der Waals surface area contributed by atoms with Crippen molar-refractivity contribution in [1.82, 2.24) is 5.32 Å². The van der Waals surface area contributed by atoms with Gasteiger partial charge in [0, 0.05) is 17.6 Å². The summed E-state index contributed by atoms with van der Waals surface area (Å²) in [5, 5.41) is 41.3. The van der Waals surface area contributed by atoms with Crippen LogP contribution in [0.4, 0.5) is 0 Å². The highest BCUT2D eigenvalue weighted by Crippen LogP contribution is 2.37. The highest BCUT2D eigenvalue weighted by Gasteiger charge is 2.30. The fourth-order valence-corrected chi connectivity index (χ4v) is 2.66.